The lowest BCUT2D eigenvalue weighted by molar-refractivity contribution is 0.0780. The van der Waals surface area contributed by atoms with E-state index in [4.69, 9.17) is 0 Å². The van der Waals surface area contributed by atoms with Crippen LogP contribution in [0.1, 0.15) is 58.8 Å². The quantitative estimate of drug-likeness (QED) is 0.819. The molecule has 2 fully saturated rings. The van der Waals surface area contributed by atoms with Crippen LogP contribution in [0.15, 0.2) is 0 Å². The lowest BCUT2D eigenvalue weighted by Gasteiger charge is -2.42. The SMILES string of the molecule is CNCCC1CCN(C2CCCC(C(C)C)C2)CC1. The van der Waals surface area contributed by atoms with Gasteiger partial charge in [0.15, 0.2) is 0 Å². The molecule has 0 aromatic carbocycles. The largest absolute Gasteiger partial charge is 0.320 e. The monoisotopic (exact) mass is 266 g/mol. The van der Waals surface area contributed by atoms with Gasteiger partial charge < -0.3 is 10.2 Å². The molecule has 2 unspecified atom stereocenters. The van der Waals surface area contributed by atoms with Crippen molar-refractivity contribution in [1.29, 1.82) is 0 Å². The summed E-state index contributed by atoms with van der Waals surface area (Å²) in [5, 5.41) is 3.29. The molecule has 0 radical (unpaired) electrons. The average Bonchev–Trinajstić information content (AvgIpc) is 2.46. The topological polar surface area (TPSA) is 15.3 Å². The zero-order valence-electron chi connectivity index (χ0n) is 13.3. The highest BCUT2D eigenvalue weighted by atomic mass is 15.2. The van der Waals surface area contributed by atoms with E-state index in [9.17, 15) is 0 Å². The standard InChI is InChI=1S/C17H34N2/c1-14(2)16-5-4-6-17(13-16)19-11-8-15(9-12-19)7-10-18-3/h14-18H,4-13H2,1-3H3. The second kappa shape index (κ2) is 7.64. The van der Waals surface area contributed by atoms with E-state index in [1.165, 1.54) is 64.6 Å². The van der Waals surface area contributed by atoms with Gasteiger partial charge in [0, 0.05) is 6.04 Å². The highest BCUT2D eigenvalue weighted by Crippen LogP contribution is 2.34. The molecule has 2 nitrogen and oxygen atoms in total. The van der Waals surface area contributed by atoms with Crippen molar-refractivity contribution in [3.05, 3.63) is 0 Å². The number of nitrogens with zero attached hydrogens (tertiary/aromatic N) is 1. The smallest absolute Gasteiger partial charge is 0.00979 e. The third-order valence-corrected chi connectivity index (χ3v) is 5.60. The molecule has 0 amide bonds. The molecule has 2 rings (SSSR count). The fraction of sp³-hybridized carbons (Fsp3) is 1.00. The van der Waals surface area contributed by atoms with Crippen LogP contribution in [0.2, 0.25) is 0 Å². The minimum atomic E-state index is 0.885. The molecule has 2 aliphatic rings. The number of rotatable bonds is 5. The van der Waals surface area contributed by atoms with E-state index in [-0.39, 0.29) is 0 Å². The van der Waals surface area contributed by atoms with Crippen LogP contribution in [0.3, 0.4) is 0 Å². The van der Waals surface area contributed by atoms with Gasteiger partial charge in [0.2, 0.25) is 0 Å². The molecular weight excluding hydrogens is 232 g/mol. The summed E-state index contributed by atoms with van der Waals surface area (Å²) < 4.78 is 0. The Kier molecular flexibility index (Phi) is 6.15. The van der Waals surface area contributed by atoms with E-state index in [0.717, 1.165) is 23.8 Å². The Balaban J connectivity index is 1.74. The number of nitrogens with one attached hydrogen (secondary N) is 1. The minimum absolute atomic E-state index is 0.885. The van der Waals surface area contributed by atoms with E-state index in [1.807, 2.05) is 0 Å². The molecular formula is C17H34N2. The average molecular weight is 266 g/mol. The lowest BCUT2D eigenvalue weighted by Crippen LogP contribution is -2.44. The first-order valence-electron chi connectivity index (χ1n) is 8.59. The maximum absolute atomic E-state index is 3.29. The van der Waals surface area contributed by atoms with Crippen molar-refractivity contribution in [2.24, 2.45) is 17.8 Å². The van der Waals surface area contributed by atoms with E-state index < -0.39 is 0 Å². The zero-order valence-corrected chi connectivity index (χ0v) is 13.3. The third kappa shape index (κ3) is 4.46. The van der Waals surface area contributed by atoms with Gasteiger partial charge >= 0.3 is 0 Å². The molecule has 0 bridgehead atoms. The number of piperidine rings is 1. The highest BCUT2D eigenvalue weighted by Gasteiger charge is 2.30. The first-order valence-corrected chi connectivity index (χ1v) is 8.59. The molecule has 1 heterocycles. The number of hydrogen-bond donors (Lipinski definition) is 1. The van der Waals surface area contributed by atoms with E-state index in [0.29, 0.717) is 0 Å². The molecule has 1 aliphatic heterocycles. The van der Waals surface area contributed by atoms with Crippen molar-refractivity contribution in [3.63, 3.8) is 0 Å². The maximum Gasteiger partial charge on any atom is 0.00979 e. The summed E-state index contributed by atoms with van der Waals surface area (Å²) in [7, 11) is 2.07. The zero-order chi connectivity index (χ0) is 13.7. The van der Waals surface area contributed by atoms with E-state index in [2.05, 4.69) is 31.1 Å². The Labute approximate surface area is 120 Å². The van der Waals surface area contributed by atoms with E-state index >= 15 is 0 Å². The van der Waals surface area contributed by atoms with Crippen LogP contribution in [-0.4, -0.2) is 37.6 Å². The van der Waals surface area contributed by atoms with Crippen LogP contribution in [-0.2, 0) is 0 Å². The van der Waals surface area contributed by atoms with Gasteiger partial charge in [0.1, 0.15) is 0 Å². The van der Waals surface area contributed by atoms with Gasteiger partial charge in [0.05, 0.1) is 0 Å². The van der Waals surface area contributed by atoms with Crippen LogP contribution in [0.5, 0.6) is 0 Å². The van der Waals surface area contributed by atoms with Gasteiger partial charge in [-0.15, -0.1) is 0 Å². The van der Waals surface area contributed by atoms with Crippen molar-refractivity contribution in [1.82, 2.24) is 10.2 Å². The molecule has 0 aromatic rings. The summed E-state index contributed by atoms with van der Waals surface area (Å²) in [6, 6.07) is 0.909. The molecule has 2 heteroatoms. The molecule has 112 valence electrons. The summed E-state index contributed by atoms with van der Waals surface area (Å²) in [6.45, 7) is 8.76. The summed E-state index contributed by atoms with van der Waals surface area (Å²) in [5.74, 6) is 2.85. The molecule has 2 atom stereocenters. The third-order valence-electron chi connectivity index (χ3n) is 5.60. The number of likely N-dealkylation sites (tertiary alicyclic amines) is 1. The Morgan fingerprint density at radius 1 is 1.11 bits per heavy atom. The lowest BCUT2D eigenvalue weighted by atomic mass is 9.78. The van der Waals surface area contributed by atoms with Crippen LogP contribution in [0, 0.1) is 17.8 Å². The van der Waals surface area contributed by atoms with Gasteiger partial charge in [0.25, 0.3) is 0 Å². The van der Waals surface area contributed by atoms with Crippen molar-refractivity contribution in [2.45, 2.75) is 64.8 Å². The van der Waals surface area contributed by atoms with Crippen LogP contribution >= 0.6 is 0 Å². The summed E-state index contributed by atoms with van der Waals surface area (Å²) in [4.78, 5) is 2.82. The predicted molar refractivity (Wildman–Crippen MR) is 83.4 cm³/mol. The molecule has 1 N–H and O–H groups in total. The van der Waals surface area contributed by atoms with Gasteiger partial charge in [-0.3, -0.25) is 0 Å². The normalized spacial score (nSPS) is 30.9. The highest BCUT2D eigenvalue weighted by molar-refractivity contribution is 4.84. The van der Waals surface area contributed by atoms with Gasteiger partial charge in [-0.25, -0.2) is 0 Å². The summed E-state index contributed by atoms with van der Waals surface area (Å²) >= 11 is 0. The van der Waals surface area contributed by atoms with Crippen LogP contribution in [0.4, 0.5) is 0 Å². The van der Waals surface area contributed by atoms with Crippen molar-refractivity contribution in [3.8, 4) is 0 Å². The van der Waals surface area contributed by atoms with Crippen LogP contribution in [0.25, 0.3) is 0 Å². The minimum Gasteiger partial charge on any atom is -0.320 e. The van der Waals surface area contributed by atoms with Gasteiger partial charge in [-0.2, -0.15) is 0 Å². The van der Waals surface area contributed by atoms with Gasteiger partial charge in [-0.05, 0) is 76.5 Å². The van der Waals surface area contributed by atoms with Crippen molar-refractivity contribution < 1.29 is 0 Å². The summed E-state index contributed by atoms with van der Waals surface area (Å²) in [6.07, 6.45) is 10.1. The fourth-order valence-electron chi connectivity index (χ4n) is 4.09. The van der Waals surface area contributed by atoms with Crippen LogP contribution < -0.4 is 5.32 Å². The van der Waals surface area contributed by atoms with E-state index in [1.54, 1.807) is 0 Å². The molecule has 1 saturated carbocycles. The Bertz CT molecular complexity index is 244. The molecule has 1 aliphatic carbocycles. The first-order chi connectivity index (χ1) is 9.20. The number of hydrogen-bond acceptors (Lipinski definition) is 2. The molecule has 0 aromatic heterocycles. The Morgan fingerprint density at radius 3 is 2.47 bits per heavy atom. The Hall–Kier alpha value is -0.0800. The van der Waals surface area contributed by atoms with Crippen molar-refractivity contribution in [2.75, 3.05) is 26.7 Å². The maximum atomic E-state index is 3.29. The molecule has 19 heavy (non-hydrogen) atoms. The fourth-order valence-corrected chi connectivity index (χ4v) is 4.09. The first kappa shape index (κ1) is 15.3. The van der Waals surface area contributed by atoms with Gasteiger partial charge in [-0.1, -0.05) is 26.7 Å². The molecule has 0 spiro atoms. The molecule has 1 saturated heterocycles. The second-order valence-electron chi connectivity index (χ2n) is 7.20. The van der Waals surface area contributed by atoms with Crippen molar-refractivity contribution >= 4 is 0 Å². The summed E-state index contributed by atoms with van der Waals surface area (Å²) in [5.41, 5.74) is 0. The second-order valence-corrected chi connectivity index (χ2v) is 7.20. The predicted octanol–water partition coefficient (Wildman–Crippen LogP) is 3.52. The Morgan fingerprint density at radius 2 is 1.84 bits per heavy atom.